The van der Waals surface area contributed by atoms with Crippen molar-refractivity contribution in [1.29, 1.82) is 0 Å². The number of halogens is 1. The van der Waals surface area contributed by atoms with Gasteiger partial charge in [0.15, 0.2) is 5.15 Å². The Bertz CT molecular complexity index is 1010. The minimum Gasteiger partial charge on any atom is -0.378 e. The Morgan fingerprint density at radius 2 is 2.00 bits per heavy atom. The number of fused-ring (bicyclic) bond motifs is 1. The molecule has 0 spiro atoms. The van der Waals surface area contributed by atoms with Gasteiger partial charge in [-0.05, 0) is 35.9 Å². The van der Waals surface area contributed by atoms with Crippen LogP contribution in [0.5, 0.6) is 0 Å². The van der Waals surface area contributed by atoms with Gasteiger partial charge in [0.25, 0.3) is 5.56 Å². The van der Waals surface area contributed by atoms with Gasteiger partial charge in [-0.3, -0.25) is 4.79 Å². The number of morpholine rings is 1. The SMILES string of the molecule is CN(Cc1cccc(N2CCOCC2)c1)c1ccc2c(=O)[nH]nc(Cl)c2c1. The number of H-pyrrole nitrogens is 1. The number of rotatable bonds is 4. The van der Waals surface area contributed by atoms with Crippen LogP contribution in [0.25, 0.3) is 10.8 Å². The van der Waals surface area contributed by atoms with Gasteiger partial charge < -0.3 is 14.5 Å². The second kappa shape index (κ2) is 7.58. The number of nitrogens with one attached hydrogen (secondary N) is 1. The molecule has 2 heterocycles. The van der Waals surface area contributed by atoms with Gasteiger partial charge in [-0.25, -0.2) is 5.10 Å². The molecule has 1 N–H and O–H groups in total. The largest absolute Gasteiger partial charge is 0.378 e. The molecule has 140 valence electrons. The first-order valence-corrected chi connectivity index (χ1v) is 9.30. The fraction of sp³-hybridized carbons (Fsp3) is 0.300. The van der Waals surface area contributed by atoms with Crippen molar-refractivity contribution in [2.75, 3.05) is 43.2 Å². The number of benzene rings is 2. The topological polar surface area (TPSA) is 61.5 Å². The van der Waals surface area contributed by atoms with Crippen molar-refractivity contribution < 1.29 is 4.74 Å². The van der Waals surface area contributed by atoms with Crippen LogP contribution >= 0.6 is 11.6 Å². The van der Waals surface area contributed by atoms with E-state index >= 15 is 0 Å². The Morgan fingerprint density at radius 1 is 1.19 bits per heavy atom. The molecule has 0 radical (unpaired) electrons. The fourth-order valence-corrected chi connectivity index (χ4v) is 3.60. The number of ether oxygens (including phenoxy) is 1. The zero-order chi connectivity index (χ0) is 18.8. The molecular weight excluding hydrogens is 364 g/mol. The van der Waals surface area contributed by atoms with E-state index in [9.17, 15) is 4.79 Å². The zero-order valence-corrected chi connectivity index (χ0v) is 15.9. The van der Waals surface area contributed by atoms with Crippen molar-refractivity contribution >= 4 is 33.7 Å². The molecule has 0 amide bonds. The van der Waals surface area contributed by atoms with Gasteiger partial charge in [0.05, 0.1) is 18.6 Å². The van der Waals surface area contributed by atoms with Gasteiger partial charge in [-0.2, -0.15) is 5.10 Å². The van der Waals surface area contributed by atoms with Gasteiger partial charge in [-0.15, -0.1) is 0 Å². The van der Waals surface area contributed by atoms with Crippen LogP contribution in [0.4, 0.5) is 11.4 Å². The van der Waals surface area contributed by atoms with E-state index in [0.717, 1.165) is 38.5 Å². The Balaban J connectivity index is 1.57. The second-order valence-electron chi connectivity index (χ2n) is 6.70. The van der Waals surface area contributed by atoms with E-state index in [1.54, 1.807) is 6.07 Å². The molecule has 0 aliphatic carbocycles. The molecule has 0 atom stereocenters. The lowest BCUT2D eigenvalue weighted by Gasteiger charge is -2.29. The van der Waals surface area contributed by atoms with E-state index in [-0.39, 0.29) is 5.56 Å². The summed E-state index contributed by atoms with van der Waals surface area (Å²) >= 11 is 6.16. The van der Waals surface area contributed by atoms with Crippen molar-refractivity contribution in [1.82, 2.24) is 10.2 Å². The quantitative estimate of drug-likeness (QED) is 0.749. The highest BCUT2D eigenvalue weighted by atomic mass is 35.5. The van der Waals surface area contributed by atoms with E-state index in [2.05, 4.69) is 44.3 Å². The molecule has 6 nitrogen and oxygen atoms in total. The fourth-order valence-electron chi connectivity index (χ4n) is 3.40. The van der Waals surface area contributed by atoms with Crippen molar-refractivity contribution in [3.8, 4) is 0 Å². The average Bonchev–Trinajstić information content (AvgIpc) is 2.71. The third-order valence-electron chi connectivity index (χ3n) is 4.87. The van der Waals surface area contributed by atoms with E-state index in [1.807, 2.05) is 19.2 Å². The van der Waals surface area contributed by atoms with Crippen LogP contribution in [0.3, 0.4) is 0 Å². The molecule has 1 saturated heterocycles. The Kier molecular flexibility index (Phi) is 5.01. The number of nitrogens with zero attached hydrogens (tertiary/aromatic N) is 3. The molecule has 0 unspecified atom stereocenters. The van der Waals surface area contributed by atoms with Gasteiger partial charge in [0.1, 0.15) is 0 Å². The molecule has 2 aromatic carbocycles. The number of anilines is 2. The smallest absolute Gasteiger partial charge is 0.272 e. The number of hydrogen-bond donors (Lipinski definition) is 1. The lowest BCUT2D eigenvalue weighted by atomic mass is 10.1. The van der Waals surface area contributed by atoms with E-state index in [0.29, 0.717) is 15.9 Å². The third-order valence-corrected chi connectivity index (χ3v) is 5.16. The number of aromatic amines is 1. The molecule has 1 aliphatic heterocycles. The first kappa shape index (κ1) is 17.8. The van der Waals surface area contributed by atoms with Gasteiger partial charge in [-0.1, -0.05) is 23.7 Å². The number of hydrogen-bond acceptors (Lipinski definition) is 5. The predicted molar refractivity (Wildman–Crippen MR) is 109 cm³/mol. The summed E-state index contributed by atoms with van der Waals surface area (Å²) in [5.74, 6) is 0. The Hall–Kier alpha value is -2.57. The van der Waals surface area contributed by atoms with Crippen LogP contribution in [0.2, 0.25) is 5.15 Å². The van der Waals surface area contributed by atoms with Crippen LogP contribution in [-0.2, 0) is 11.3 Å². The summed E-state index contributed by atoms with van der Waals surface area (Å²) in [6.45, 7) is 4.14. The predicted octanol–water partition coefficient (Wildman–Crippen LogP) is 3.05. The number of aromatic nitrogens is 2. The third kappa shape index (κ3) is 3.77. The second-order valence-corrected chi connectivity index (χ2v) is 7.06. The van der Waals surface area contributed by atoms with Crippen LogP contribution in [-0.4, -0.2) is 43.5 Å². The summed E-state index contributed by atoms with van der Waals surface area (Å²) in [6, 6.07) is 14.2. The van der Waals surface area contributed by atoms with Crippen LogP contribution in [0.15, 0.2) is 47.3 Å². The molecule has 1 fully saturated rings. The van der Waals surface area contributed by atoms with Crippen LogP contribution in [0.1, 0.15) is 5.56 Å². The average molecular weight is 385 g/mol. The summed E-state index contributed by atoms with van der Waals surface area (Å²) in [5.41, 5.74) is 3.19. The summed E-state index contributed by atoms with van der Waals surface area (Å²) in [4.78, 5) is 16.4. The minimum atomic E-state index is -0.234. The zero-order valence-electron chi connectivity index (χ0n) is 15.1. The highest BCUT2D eigenvalue weighted by molar-refractivity contribution is 6.34. The lowest BCUT2D eigenvalue weighted by Crippen LogP contribution is -2.36. The maximum absolute atomic E-state index is 11.9. The maximum Gasteiger partial charge on any atom is 0.272 e. The van der Waals surface area contributed by atoms with Crippen LogP contribution < -0.4 is 15.4 Å². The summed E-state index contributed by atoms with van der Waals surface area (Å²) in [6.07, 6.45) is 0. The standard InChI is InChI=1S/C20H21ClN4O2/c1-24(15-5-6-17-18(12-15)19(21)22-23-20(17)26)13-14-3-2-4-16(11-14)25-7-9-27-10-8-25/h2-6,11-12H,7-10,13H2,1H3,(H,23,26). The summed E-state index contributed by atoms with van der Waals surface area (Å²) in [7, 11) is 2.02. The van der Waals surface area contributed by atoms with Gasteiger partial charge in [0, 0.05) is 43.4 Å². The Morgan fingerprint density at radius 3 is 2.81 bits per heavy atom. The van der Waals surface area contributed by atoms with E-state index in [1.165, 1.54) is 11.3 Å². The molecule has 0 saturated carbocycles. The van der Waals surface area contributed by atoms with Crippen LogP contribution in [0, 0.1) is 0 Å². The van der Waals surface area contributed by atoms with Crippen molar-refractivity contribution in [3.05, 3.63) is 63.5 Å². The normalized spacial score (nSPS) is 14.5. The van der Waals surface area contributed by atoms with Crippen molar-refractivity contribution in [2.45, 2.75) is 6.54 Å². The molecule has 3 aromatic rings. The maximum atomic E-state index is 11.9. The first-order chi connectivity index (χ1) is 13.1. The van der Waals surface area contributed by atoms with E-state index in [4.69, 9.17) is 16.3 Å². The molecule has 1 aromatic heterocycles. The lowest BCUT2D eigenvalue weighted by molar-refractivity contribution is 0.122. The summed E-state index contributed by atoms with van der Waals surface area (Å²) in [5, 5.41) is 7.75. The monoisotopic (exact) mass is 384 g/mol. The first-order valence-electron chi connectivity index (χ1n) is 8.92. The van der Waals surface area contributed by atoms with Crippen molar-refractivity contribution in [3.63, 3.8) is 0 Å². The molecule has 0 bridgehead atoms. The van der Waals surface area contributed by atoms with Gasteiger partial charge >= 0.3 is 0 Å². The molecule has 7 heteroatoms. The highest BCUT2D eigenvalue weighted by Gasteiger charge is 2.12. The minimum absolute atomic E-state index is 0.234. The molecule has 4 rings (SSSR count). The Labute approximate surface area is 162 Å². The molecular formula is C20H21ClN4O2. The molecule has 27 heavy (non-hydrogen) atoms. The highest BCUT2D eigenvalue weighted by Crippen LogP contribution is 2.25. The molecule has 1 aliphatic rings. The van der Waals surface area contributed by atoms with Gasteiger partial charge in [0.2, 0.25) is 0 Å². The van der Waals surface area contributed by atoms with E-state index < -0.39 is 0 Å². The van der Waals surface area contributed by atoms with Crippen molar-refractivity contribution in [2.24, 2.45) is 0 Å². The summed E-state index contributed by atoms with van der Waals surface area (Å²) < 4.78 is 5.44.